The number of hydrogen-bond donors (Lipinski definition) is 0. The van der Waals surface area contributed by atoms with Crippen LogP contribution in [0.3, 0.4) is 0 Å². The lowest BCUT2D eigenvalue weighted by atomic mass is 9.85. The summed E-state index contributed by atoms with van der Waals surface area (Å²) < 4.78 is 21.4. The molecule has 1 aliphatic heterocycles. The molecule has 2 fully saturated rings. The maximum Gasteiger partial charge on any atom is 0.260 e. The summed E-state index contributed by atoms with van der Waals surface area (Å²) in [4.78, 5) is 20.7. The highest BCUT2D eigenvalue weighted by molar-refractivity contribution is 7.15. The van der Waals surface area contributed by atoms with E-state index in [2.05, 4.69) is 16.7 Å². The zero-order valence-electron chi connectivity index (χ0n) is 16.4. The van der Waals surface area contributed by atoms with Gasteiger partial charge in [-0.1, -0.05) is 18.6 Å². The number of likely N-dealkylation sites (tertiary alicyclic amines) is 1. The van der Waals surface area contributed by atoms with Crippen molar-refractivity contribution in [3.63, 3.8) is 0 Å². The number of fused-ring (bicyclic) bond motifs is 1. The predicted molar refractivity (Wildman–Crippen MR) is 110 cm³/mol. The molecule has 3 heterocycles. The fourth-order valence-electron chi connectivity index (χ4n) is 4.30. The standard InChI is InChI=1S/C22H24FN3O2S/c1-14-13-29-22-20(24-21(26(14)22)15-5-4-6-15)16-9-10-25(11-16)19(27)12-28-18-8-3-2-7-17(18)23/h2-3,7-8,13,15-16H,4-6,9-12H2,1H3. The minimum absolute atomic E-state index is 0.104. The topological polar surface area (TPSA) is 46.8 Å². The smallest absolute Gasteiger partial charge is 0.260 e. The molecule has 2 aromatic heterocycles. The number of nitrogens with zero attached hydrogens (tertiary/aromatic N) is 3. The summed E-state index contributed by atoms with van der Waals surface area (Å²) in [5.41, 5.74) is 2.38. The SMILES string of the molecule is Cc1csc2c(C3CCN(C(=O)COc4ccccc4F)C3)nc(C3CCC3)n12. The van der Waals surface area contributed by atoms with Crippen LogP contribution in [0.15, 0.2) is 29.6 Å². The lowest BCUT2D eigenvalue weighted by Gasteiger charge is -2.24. The Bertz CT molecular complexity index is 1060. The third-order valence-corrected chi connectivity index (χ3v) is 7.24. The van der Waals surface area contributed by atoms with E-state index in [-0.39, 0.29) is 24.2 Å². The molecule has 0 radical (unpaired) electrons. The second-order valence-electron chi connectivity index (χ2n) is 8.05. The van der Waals surface area contributed by atoms with E-state index in [1.165, 1.54) is 41.7 Å². The van der Waals surface area contributed by atoms with Crippen molar-refractivity contribution in [2.75, 3.05) is 19.7 Å². The van der Waals surface area contributed by atoms with E-state index in [1.54, 1.807) is 29.5 Å². The Labute approximate surface area is 173 Å². The fraction of sp³-hybridized carbons (Fsp3) is 0.455. The highest BCUT2D eigenvalue weighted by atomic mass is 32.1. The van der Waals surface area contributed by atoms with Crippen LogP contribution in [-0.2, 0) is 4.79 Å². The van der Waals surface area contributed by atoms with Crippen LogP contribution in [0.25, 0.3) is 4.83 Å². The van der Waals surface area contributed by atoms with Gasteiger partial charge >= 0.3 is 0 Å². The van der Waals surface area contributed by atoms with Crippen molar-refractivity contribution in [3.8, 4) is 5.75 Å². The van der Waals surface area contributed by atoms with Gasteiger partial charge in [0.25, 0.3) is 5.91 Å². The number of hydrogen-bond acceptors (Lipinski definition) is 4. The van der Waals surface area contributed by atoms with Gasteiger partial charge in [0.1, 0.15) is 10.7 Å². The minimum atomic E-state index is -0.448. The quantitative estimate of drug-likeness (QED) is 0.619. The average Bonchev–Trinajstić information content (AvgIpc) is 3.37. The fourth-order valence-corrected chi connectivity index (χ4v) is 5.36. The lowest BCUT2D eigenvalue weighted by molar-refractivity contribution is -0.132. The van der Waals surface area contributed by atoms with E-state index in [9.17, 15) is 9.18 Å². The Morgan fingerprint density at radius 1 is 1.28 bits per heavy atom. The van der Waals surface area contributed by atoms with Crippen molar-refractivity contribution in [1.82, 2.24) is 14.3 Å². The normalized spacial score (nSPS) is 19.7. The summed E-state index contributed by atoms with van der Waals surface area (Å²) in [6.07, 6.45) is 4.62. The first kappa shape index (κ1) is 18.6. The van der Waals surface area contributed by atoms with Gasteiger partial charge in [-0.15, -0.1) is 11.3 Å². The molecular formula is C22H24FN3O2S. The van der Waals surface area contributed by atoms with Crippen molar-refractivity contribution in [3.05, 3.63) is 52.7 Å². The molecule has 1 aromatic carbocycles. The Morgan fingerprint density at radius 2 is 2.10 bits per heavy atom. The first-order chi connectivity index (χ1) is 14.1. The van der Waals surface area contributed by atoms with Crippen LogP contribution < -0.4 is 4.74 Å². The molecule has 1 unspecified atom stereocenters. The monoisotopic (exact) mass is 413 g/mol. The van der Waals surface area contributed by atoms with Gasteiger partial charge in [0.2, 0.25) is 0 Å². The Morgan fingerprint density at radius 3 is 2.86 bits per heavy atom. The summed E-state index contributed by atoms with van der Waals surface area (Å²) in [5, 5.41) is 2.20. The van der Waals surface area contributed by atoms with Gasteiger partial charge in [-0.2, -0.15) is 0 Å². The number of aromatic nitrogens is 2. The number of imidazole rings is 1. The van der Waals surface area contributed by atoms with Gasteiger partial charge in [-0.3, -0.25) is 9.20 Å². The molecule has 152 valence electrons. The maximum absolute atomic E-state index is 13.7. The van der Waals surface area contributed by atoms with E-state index in [1.807, 2.05) is 4.90 Å². The van der Waals surface area contributed by atoms with Crippen LogP contribution in [0.2, 0.25) is 0 Å². The van der Waals surface area contributed by atoms with Crippen molar-refractivity contribution in [2.24, 2.45) is 0 Å². The highest BCUT2D eigenvalue weighted by Gasteiger charge is 2.33. The first-order valence-corrected chi connectivity index (χ1v) is 11.1. The van der Waals surface area contributed by atoms with Gasteiger partial charge in [-0.05, 0) is 38.3 Å². The number of carbonyl (C=O) groups excluding carboxylic acids is 1. The molecule has 1 atom stereocenters. The van der Waals surface area contributed by atoms with E-state index >= 15 is 0 Å². The van der Waals surface area contributed by atoms with Crippen LogP contribution in [0, 0.1) is 12.7 Å². The molecule has 2 aliphatic rings. The number of rotatable bonds is 5. The molecule has 3 aromatic rings. The third-order valence-electron chi connectivity index (χ3n) is 6.17. The van der Waals surface area contributed by atoms with Gasteiger partial charge in [0.05, 0.1) is 5.69 Å². The molecule has 0 bridgehead atoms. The second kappa shape index (κ2) is 7.44. The zero-order valence-corrected chi connectivity index (χ0v) is 17.3. The molecule has 1 amide bonds. The van der Waals surface area contributed by atoms with E-state index in [0.29, 0.717) is 19.0 Å². The van der Waals surface area contributed by atoms with Gasteiger partial charge in [0.15, 0.2) is 18.2 Å². The van der Waals surface area contributed by atoms with Crippen molar-refractivity contribution in [2.45, 2.75) is 44.4 Å². The lowest BCUT2D eigenvalue weighted by Crippen LogP contribution is -2.33. The number of aryl methyl sites for hydroxylation is 1. The number of thiazole rings is 1. The van der Waals surface area contributed by atoms with Gasteiger partial charge in [-0.25, -0.2) is 9.37 Å². The van der Waals surface area contributed by atoms with Crippen molar-refractivity contribution in [1.29, 1.82) is 0 Å². The molecule has 1 saturated carbocycles. The number of halogens is 1. The van der Waals surface area contributed by atoms with Gasteiger partial charge < -0.3 is 9.64 Å². The second-order valence-corrected chi connectivity index (χ2v) is 8.90. The number of carbonyl (C=O) groups is 1. The minimum Gasteiger partial charge on any atom is -0.481 e. The molecule has 7 heteroatoms. The van der Waals surface area contributed by atoms with Crippen LogP contribution in [0.4, 0.5) is 4.39 Å². The van der Waals surface area contributed by atoms with Gasteiger partial charge in [0, 0.05) is 36.0 Å². The number of para-hydroxylation sites is 1. The molecule has 0 N–H and O–H groups in total. The number of ether oxygens (including phenoxy) is 1. The number of amides is 1. The number of benzene rings is 1. The molecule has 5 rings (SSSR count). The maximum atomic E-state index is 13.7. The zero-order chi connectivity index (χ0) is 20.0. The summed E-state index contributed by atoms with van der Waals surface area (Å²) in [6, 6.07) is 6.17. The molecule has 5 nitrogen and oxygen atoms in total. The highest BCUT2D eigenvalue weighted by Crippen LogP contribution is 2.40. The Kier molecular flexibility index (Phi) is 4.78. The summed E-state index contributed by atoms with van der Waals surface area (Å²) in [6.45, 7) is 3.33. The van der Waals surface area contributed by atoms with Crippen LogP contribution in [0.5, 0.6) is 5.75 Å². The predicted octanol–water partition coefficient (Wildman–Crippen LogP) is 4.51. The van der Waals surface area contributed by atoms with E-state index < -0.39 is 5.82 Å². The largest absolute Gasteiger partial charge is 0.481 e. The molecule has 29 heavy (non-hydrogen) atoms. The van der Waals surface area contributed by atoms with E-state index in [4.69, 9.17) is 9.72 Å². The van der Waals surface area contributed by atoms with Crippen LogP contribution in [-0.4, -0.2) is 39.9 Å². The Balaban J connectivity index is 1.29. The molecule has 1 aliphatic carbocycles. The molecule has 1 saturated heterocycles. The third kappa shape index (κ3) is 3.31. The first-order valence-electron chi connectivity index (χ1n) is 10.2. The molecule has 0 spiro atoms. The summed E-state index contributed by atoms with van der Waals surface area (Å²) >= 11 is 1.75. The van der Waals surface area contributed by atoms with Crippen molar-refractivity contribution >= 4 is 22.1 Å². The van der Waals surface area contributed by atoms with E-state index in [0.717, 1.165) is 12.1 Å². The van der Waals surface area contributed by atoms with Crippen LogP contribution in [0.1, 0.15) is 54.7 Å². The van der Waals surface area contributed by atoms with Crippen LogP contribution >= 0.6 is 11.3 Å². The Hall–Kier alpha value is -2.41. The van der Waals surface area contributed by atoms with Crippen molar-refractivity contribution < 1.29 is 13.9 Å². The summed E-state index contributed by atoms with van der Waals surface area (Å²) in [7, 11) is 0. The average molecular weight is 414 g/mol. The summed E-state index contributed by atoms with van der Waals surface area (Å²) in [5.74, 6) is 1.58. The molecular weight excluding hydrogens is 389 g/mol.